The zero-order valence-electron chi connectivity index (χ0n) is 15.2. The minimum absolute atomic E-state index is 0.575. The van der Waals surface area contributed by atoms with Gasteiger partial charge in [0, 0.05) is 5.69 Å². The van der Waals surface area contributed by atoms with E-state index < -0.39 is 24.5 Å². The summed E-state index contributed by atoms with van der Waals surface area (Å²) < 4.78 is 11.2. The third-order valence-electron chi connectivity index (χ3n) is 3.91. The van der Waals surface area contributed by atoms with Crippen LogP contribution in [-0.4, -0.2) is 28.8 Å². The van der Waals surface area contributed by atoms with Gasteiger partial charge >= 0.3 is 0 Å². The summed E-state index contributed by atoms with van der Waals surface area (Å²) in [4.78, 5) is 11.0. The van der Waals surface area contributed by atoms with Crippen molar-refractivity contribution in [2.45, 2.75) is 38.8 Å². The lowest BCUT2D eigenvalue weighted by atomic mass is 10.2. The van der Waals surface area contributed by atoms with Crippen LogP contribution in [0.1, 0.15) is 32.1 Å². The fourth-order valence-electron chi connectivity index (χ4n) is 2.35. The van der Waals surface area contributed by atoms with Crippen LogP contribution in [0.15, 0.2) is 54.6 Å². The van der Waals surface area contributed by atoms with E-state index in [1.165, 1.54) is 0 Å². The Hall–Kier alpha value is -1.43. The van der Waals surface area contributed by atoms with E-state index in [4.69, 9.17) is 21.1 Å². The molecule has 2 aromatic carbocycles. The largest absolute Gasteiger partial charge is 0.494 e. The average Bonchev–Trinajstić information content (AvgIpc) is 2.61. The highest BCUT2D eigenvalue weighted by atomic mass is 32.5. The van der Waals surface area contributed by atoms with Crippen molar-refractivity contribution in [2.75, 3.05) is 11.9 Å². The number of para-hydroxylation sites is 1. The van der Waals surface area contributed by atoms with Gasteiger partial charge in [-0.25, -0.2) is 0 Å². The van der Waals surface area contributed by atoms with Crippen molar-refractivity contribution in [3.05, 3.63) is 60.2 Å². The van der Waals surface area contributed by atoms with E-state index in [1.54, 1.807) is 13.8 Å². The van der Waals surface area contributed by atoms with Gasteiger partial charge in [0.2, 0.25) is 6.49 Å². The Labute approximate surface area is 160 Å². The average molecular weight is 395 g/mol. The molecule has 0 saturated heterocycles. The topological polar surface area (TPSA) is 71.0 Å². The van der Waals surface area contributed by atoms with E-state index in [0.717, 1.165) is 17.0 Å². The van der Waals surface area contributed by atoms with Crippen molar-refractivity contribution in [3.63, 3.8) is 0 Å². The van der Waals surface area contributed by atoms with Crippen LogP contribution in [0, 0.1) is 0 Å². The smallest absolute Gasteiger partial charge is 0.213 e. The molecule has 142 valence electrons. The Balaban J connectivity index is 2.33. The first-order chi connectivity index (χ1) is 12.3. The maximum Gasteiger partial charge on any atom is 0.213 e. The molecule has 1 unspecified atom stereocenters. The first-order valence-electron chi connectivity index (χ1n) is 8.56. The van der Waals surface area contributed by atoms with Gasteiger partial charge in [-0.1, -0.05) is 30.3 Å². The SMILES string of the molecule is CCOc1ccc([C@H](Nc2ccccc2)P(O)(=S)O[C@@H](C)[C@@H](C)O)cc1. The highest BCUT2D eigenvalue weighted by Gasteiger charge is 2.32. The van der Waals surface area contributed by atoms with Crippen LogP contribution >= 0.6 is 6.49 Å². The van der Waals surface area contributed by atoms with Gasteiger partial charge in [0.25, 0.3) is 0 Å². The Morgan fingerprint density at radius 3 is 2.23 bits per heavy atom. The molecule has 0 bridgehead atoms. The highest BCUT2D eigenvalue weighted by molar-refractivity contribution is 8.09. The summed E-state index contributed by atoms with van der Waals surface area (Å²) >= 11 is 5.47. The van der Waals surface area contributed by atoms with Crippen LogP contribution in [0.3, 0.4) is 0 Å². The molecule has 2 rings (SSSR count). The van der Waals surface area contributed by atoms with E-state index in [9.17, 15) is 10.00 Å². The maximum absolute atomic E-state index is 11.0. The Kier molecular flexibility index (Phi) is 7.62. The molecule has 0 spiro atoms. The number of nitrogens with one attached hydrogen (secondary N) is 1. The number of aliphatic hydroxyl groups is 1. The van der Waals surface area contributed by atoms with Crippen molar-refractivity contribution in [2.24, 2.45) is 0 Å². The van der Waals surface area contributed by atoms with E-state index >= 15 is 0 Å². The van der Waals surface area contributed by atoms with Crippen molar-refractivity contribution in [1.29, 1.82) is 0 Å². The number of anilines is 1. The lowest BCUT2D eigenvalue weighted by Gasteiger charge is -2.31. The van der Waals surface area contributed by atoms with Crippen LogP contribution in [0.25, 0.3) is 0 Å². The number of aliphatic hydroxyl groups excluding tert-OH is 1. The fourth-order valence-corrected chi connectivity index (χ4v) is 4.91. The van der Waals surface area contributed by atoms with E-state index in [0.29, 0.717) is 6.61 Å². The first-order valence-corrected chi connectivity index (χ1v) is 11.3. The molecule has 0 amide bonds. The number of benzene rings is 2. The molecule has 4 atom stereocenters. The van der Waals surface area contributed by atoms with Crippen LogP contribution in [0.4, 0.5) is 5.69 Å². The van der Waals surface area contributed by atoms with Gasteiger partial charge in [-0.15, -0.1) is 0 Å². The van der Waals surface area contributed by atoms with Crippen molar-refractivity contribution >= 4 is 24.0 Å². The summed E-state index contributed by atoms with van der Waals surface area (Å²) in [7, 11) is 0. The Bertz CT molecular complexity index is 724. The third kappa shape index (κ3) is 5.79. The molecular weight excluding hydrogens is 369 g/mol. The van der Waals surface area contributed by atoms with Gasteiger partial charge in [-0.05, 0) is 62.4 Å². The highest BCUT2D eigenvalue weighted by Crippen LogP contribution is 2.57. The molecule has 0 fully saturated rings. The normalized spacial score (nSPS) is 17.0. The van der Waals surface area contributed by atoms with Gasteiger partial charge in [-0.2, -0.15) is 0 Å². The molecule has 0 heterocycles. The molecule has 7 heteroatoms. The standard InChI is InChI=1S/C19H26NO4PS/c1-4-23-18-12-10-16(11-13-18)19(20-17-8-6-5-7-9-17)25(22,26)24-15(3)14(2)21/h5-15,19-21H,4H2,1-3H3,(H,22,26)/t14-,15+,19-,25?/m1/s1. The molecule has 0 saturated carbocycles. The van der Waals surface area contributed by atoms with E-state index in [2.05, 4.69) is 5.32 Å². The quantitative estimate of drug-likeness (QED) is 0.551. The second kappa shape index (κ2) is 9.49. The summed E-state index contributed by atoms with van der Waals surface area (Å²) in [6.45, 7) is 2.50. The fraction of sp³-hybridized carbons (Fsp3) is 0.368. The number of hydrogen-bond acceptors (Lipinski definition) is 5. The zero-order chi connectivity index (χ0) is 19.2. The van der Waals surface area contributed by atoms with Crippen molar-refractivity contribution in [1.82, 2.24) is 0 Å². The van der Waals surface area contributed by atoms with Crippen molar-refractivity contribution < 1.29 is 19.3 Å². The van der Waals surface area contributed by atoms with Crippen LogP contribution in [0.2, 0.25) is 0 Å². The molecule has 0 aromatic heterocycles. The summed E-state index contributed by atoms with van der Waals surface area (Å²) in [6, 6.07) is 16.9. The molecule has 0 aliphatic heterocycles. The molecule has 5 nitrogen and oxygen atoms in total. The lowest BCUT2D eigenvalue weighted by molar-refractivity contribution is 0.0599. The summed E-state index contributed by atoms with van der Waals surface area (Å²) in [5, 5.41) is 13.0. The Morgan fingerprint density at radius 1 is 1.08 bits per heavy atom. The summed E-state index contributed by atoms with van der Waals surface area (Å²) in [5.74, 6) is 0.135. The van der Waals surface area contributed by atoms with Crippen molar-refractivity contribution in [3.8, 4) is 5.75 Å². The molecule has 3 N–H and O–H groups in total. The second-order valence-electron chi connectivity index (χ2n) is 6.03. The number of hydrogen-bond donors (Lipinski definition) is 3. The predicted octanol–water partition coefficient (Wildman–Crippen LogP) is 4.28. The van der Waals surface area contributed by atoms with Gasteiger partial charge in [0.05, 0.1) is 18.8 Å². The van der Waals surface area contributed by atoms with Gasteiger partial charge < -0.3 is 24.6 Å². The van der Waals surface area contributed by atoms with Gasteiger partial charge in [-0.3, -0.25) is 0 Å². The monoisotopic (exact) mass is 395 g/mol. The minimum Gasteiger partial charge on any atom is -0.494 e. The summed E-state index contributed by atoms with van der Waals surface area (Å²) in [6.07, 6.45) is -1.31. The molecule has 0 aliphatic carbocycles. The molecule has 0 aliphatic rings. The maximum atomic E-state index is 11.0. The Morgan fingerprint density at radius 2 is 1.69 bits per heavy atom. The number of rotatable bonds is 9. The first kappa shape index (κ1) is 20.9. The van der Waals surface area contributed by atoms with Gasteiger partial charge in [0.1, 0.15) is 11.5 Å². The van der Waals surface area contributed by atoms with E-state index in [-0.39, 0.29) is 0 Å². The van der Waals surface area contributed by atoms with Gasteiger partial charge in [0.15, 0.2) is 0 Å². The number of ether oxygens (including phenoxy) is 1. The van der Waals surface area contributed by atoms with Crippen LogP contribution in [-0.2, 0) is 16.3 Å². The molecule has 0 radical (unpaired) electrons. The predicted molar refractivity (Wildman–Crippen MR) is 109 cm³/mol. The molecule has 26 heavy (non-hydrogen) atoms. The minimum atomic E-state index is -3.31. The third-order valence-corrected chi connectivity index (χ3v) is 6.51. The zero-order valence-corrected chi connectivity index (χ0v) is 16.9. The van der Waals surface area contributed by atoms with E-state index in [1.807, 2.05) is 61.5 Å². The van der Waals surface area contributed by atoms with Crippen LogP contribution in [0.5, 0.6) is 5.75 Å². The molecule has 2 aromatic rings. The molecular formula is C19H26NO4PS. The summed E-state index contributed by atoms with van der Waals surface area (Å²) in [5.41, 5.74) is 1.61. The second-order valence-corrected chi connectivity index (χ2v) is 9.46. The lowest BCUT2D eigenvalue weighted by Crippen LogP contribution is -2.24. The van der Waals surface area contributed by atoms with Crippen LogP contribution < -0.4 is 10.1 Å².